The molecule has 30 heavy (non-hydrogen) atoms. The molecule has 1 aliphatic heterocycles. The lowest BCUT2D eigenvalue weighted by Gasteiger charge is -2.36. The standard InChI is InChI=1S/C25H29N3O2/c1-3-30-22-12-10-20(11-13-22)25(29)26-17-24(23-9-6-15-27(23)2)28-16-14-19-7-4-5-8-21(19)18-28/h4-13,15,24H,3,14,16-18H2,1-2H3,(H,26,29). The fraction of sp³-hybridized carbons (Fsp3) is 0.320. The van der Waals surface area contributed by atoms with Crippen LogP contribution in [0.25, 0.3) is 0 Å². The summed E-state index contributed by atoms with van der Waals surface area (Å²) in [5.74, 6) is 0.720. The molecule has 2 aromatic carbocycles. The summed E-state index contributed by atoms with van der Waals surface area (Å²) in [5, 5.41) is 3.15. The Labute approximate surface area is 178 Å². The topological polar surface area (TPSA) is 46.5 Å². The number of hydrogen-bond acceptors (Lipinski definition) is 3. The fourth-order valence-electron chi connectivity index (χ4n) is 4.19. The number of amides is 1. The summed E-state index contributed by atoms with van der Waals surface area (Å²) in [7, 11) is 2.06. The second-order valence-electron chi connectivity index (χ2n) is 7.72. The molecule has 0 spiro atoms. The Morgan fingerprint density at radius 2 is 1.83 bits per heavy atom. The first-order chi connectivity index (χ1) is 14.7. The number of aromatic nitrogens is 1. The SMILES string of the molecule is CCOc1ccc(C(=O)NCC(c2cccn2C)N2CCc3ccccc3C2)cc1. The number of nitrogens with zero attached hydrogens (tertiary/aromatic N) is 2. The van der Waals surface area contributed by atoms with Crippen molar-refractivity contribution in [3.63, 3.8) is 0 Å². The van der Waals surface area contributed by atoms with Gasteiger partial charge in [0.05, 0.1) is 12.6 Å². The first-order valence-electron chi connectivity index (χ1n) is 10.6. The number of carbonyl (C=O) groups is 1. The van der Waals surface area contributed by atoms with E-state index < -0.39 is 0 Å². The lowest BCUT2D eigenvalue weighted by atomic mass is 9.97. The summed E-state index contributed by atoms with van der Waals surface area (Å²) in [6.45, 7) is 5.00. The predicted molar refractivity (Wildman–Crippen MR) is 119 cm³/mol. The van der Waals surface area contributed by atoms with Crippen molar-refractivity contribution in [3.8, 4) is 5.75 Å². The molecule has 1 aromatic heterocycles. The van der Waals surface area contributed by atoms with Crippen LogP contribution in [0.1, 0.15) is 40.1 Å². The van der Waals surface area contributed by atoms with E-state index in [2.05, 4.69) is 64.4 Å². The average molecular weight is 404 g/mol. The predicted octanol–water partition coefficient (Wildman–Crippen LogP) is 3.95. The lowest BCUT2D eigenvalue weighted by molar-refractivity contribution is 0.0925. The molecule has 0 saturated carbocycles. The van der Waals surface area contributed by atoms with Gasteiger partial charge in [0.15, 0.2) is 0 Å². The summed E-state index contributed by atoms with van der Waals surface area (Å²) in [4.78, 5) is 15.2. The van der Waals surface area contributed by atoms with E-state index >= 15 is 0 Å². The molecule has 0 bridgehead atoms. The molecule has 2 heterocycles. The van der Waals surface area contributed by atoms with Crippen LogP contribution in [-0.2, 0) is 20.0 Å². The van der Waals surface area contributed by atoms with E-state index in [-0.39, 0.29) is 11.9 Å². The van der Waals surface area contributed by atoms with Gasteiger partial charge in [-0.3, -0.25) is 9.69 Å². The number of ether oxygens (including phenoxy) is 1. The van der Waals surface area contributed by atoms with Gasteiger partial charge in [0.1, 0.15) is 5.75 Å². The van der Waals surface area contributed by atoms with Crippen molar-refractivity contribution in [1.29, 1.82) is 0 Å². The first-order valence-corrected chi connectivity index (χ1v) is 10.6. The smallest absolute Gasteiger partial charge is 0.251 e. The van der Waals surface area contributed by atoms with E-state index in [0.717, 1.165) is 25.3 Å². The van der Waals surface area contributed by atoms with Crippen molar-refractivity contribution >= 4 is 5.91 Å². The van der Waals surface area contributed by atoms with Crippen LogP contribution in [0.2, 0.25) is 0 Å². The van der Waals surface area contributed by atoms with E-state index in [1.165, 1.54) is 16.8 Å². The molecule has 1 aliphatic rings. The Morgan fingerprint density at radius 3 is 2.53 bits per heavy atom. The number of hydrogen-bond donors (Lipinski definition) is 1. The molecule has 1 atom stereocenters. The lowest BCUT2D eigenvalue weighted by Crippen LogP contribution is -2.41. The quantitative estimate of drug-likeness (QED) is 0.650. The van der Waals surface area contributed by atoms with E-state index in [9.17, 15) is 4.79 Å². The number of rotatable bonds is 7. The second kappa shape index (κ2) is 9.18. The number of nitrogens with one attached hydrogen (secondary N) is 1. The van der Waals surface area contributed by atoms with Crippen molar-refractivity contribution in [2.45, 2.75) is 25.9 Å². The van der Waals surface area contributed by atoms with Crippen LogP contribution in [-0.4, -0.2) is 35.1 Å². The maximum Gasteiger partial charge on any atom is 0.251 e. The molecule has 3 aromatic rings. The summed E-state index contributed by atoms with van der Waals surface area (Å²) >= 11 is 0. The molecular weight excluding hydrogens is 374 g/mol. The minimum absolute atomic E-state index is 0.0605. The van der Waals surface area contributed by atoms with Crippen LogP contribution in [0.4, 0.5) is 0 Å². The minimum Gasteiger partial charge on any atom is -0.494 e. The maximum absolute atomic E-state index is 12.8. The molecule has 5 nitrogen and oxygen atoms in total. The third kappa shape index (κ3) is 4.41. The van der Waals surface area contributed by atoms with Gasteiger partial charge in [0.2, 0.25) is 0 Å². The monoisotopic (exact) mass is 403 g/mol. The van der Waals surface area contributed by atoms with Crippen LogP contribution in [0.15, 0.2) is 66.9 Å². The number of aryl methyl sites for hydroxylation is 1. The molecular formula is C25H29N3O2. The van der Waals surface area contributed by atoms with Gasteiger partial charge >= 0.3 is 0 Å². The fourth-order valence-corrected chi connectivity index (χ4v) is 4.19. The molecule has 0 aliphatic carbocycles. The highest BCUT2D eigenvalue weighted by Gasteiger charge is 2.26. The van der Waals surface area contributed by atoms with Gasteiger partial charge in [-0.2, -0.15) is 0 Å². The molecule has 0 radical (unpaired) electrons. The highest BCUT2D eigenvalue weighted by molar-refractivity contribution is 5.94. The van der Waals surface area contributed by atoms with Gasteiger partial charge < -0.3 is 14.6 Å². The molecule has 5 heteroatoms. The van der Waals surface area contributed by atoms with Gasteiger partial charge in [-0.05, 0) is 60.9 Å². The number of fused-ring (bicyclic) bond motifs is 1. The van der Waals surface area contributed by atoms with Gasteiger partial charge in [0, 0.05) is 44.1 Å². The molecule has 1 N–H and O–H groups in total. The molecule has 0 fully saturated rings. The molecule has 1 unspecified atom stereocenters. The van der Waals surface area contributed by atoms with Gasteiger partial charge in [-0.15, -0.1) is 0 Å². The first kappa shape index (κ1) is 20.2. The normalized spacial score (nSPS) is 14.7. The van der Waals surface area contributed by atoms with Gasteiger partial charge in [-0.25, -0.2) is 0 Å². The van der Waals surface area contributed by atoms with Crippen molar-refractivity contribution in [2.75, 3.05) is 19.7 Å². The largest absolute Gasteiger partial charge is 0.494 e. The van der Waals surface area contributed by atoms with Crippen LogP contribution in [0.5, 0.6) is 5.75 Å². The Morgan fingerprint density at radius 1 is 1.07 bits per heavy atom. The molecule has 1 amide bonds. The Kier molecular flexibility index (Phi) is 6.19. The Bertz CT molecular complexity index is 994. The van der Waals surface area contributed by atoms with Crippen LogP contribution in [0.3, 0.4) is 0 Å². The zero-order valence-electron chi connectivity index (χ0n) is 17.7. The van der Waals surface area contributed by atoms with E-state index in [0.29, 0.717) is 18.7 Å². The number of benzene rings is 2. The highest BCUT2D eigenvalue weighted by atomic mass is 16.5. The van der Waals surface area contributed by atoms with Crippen LogP contribution >= 0.6 is 0 Å². The van der Waals surface area contributed by atoms with E-state index in [1.807, 2.05) is 31.2 Å². The zero-order chi connectivity index (χ0) is 20.9. The van der Waals surface area contributed by atoms with Crippen molar-refractivity contribution in [2.24, 2.45) is 7.05 Å². The second-order valence-corrected chi connectivity index (χ2v) is 7.72. The molecule has 0 saturated heterocycles. The van der Waals surface area contributed by atoms with Crippen LogP contribution in [0, 0.1) is 0 Å². The Balaban J connectivity index is 1.49. The average Bonchev–Trinajstić information content (AvgIpc) is 3.20. The van der Waals surface area contributed by atoms with Crippen molar-refractivity contribution < 1.29 is 9.53 Å². The minimum atomic E-state index is -0.0605. The molecule has 156 valence electrons. The Hall–Kier alpha value is -3.05. The summed E-state index contributed by atoms with van der Waals surface area (Å²) in [5.41, 5.74) is 4.66. The van der Waals surface area contributed by atoms with E-state index in [1.54, 1.807) is 0 Å². The van der Waals surface area contributed by atoms with Crippen molar-refractivity contribution in [3.05, 3.63) is 89.2 Å². The van der Waals surface area contributed by atoms with Crippen LogP contribution < -0.4 is 10.1 Å². The third-order valence-corrected chi connectivity index (χ3v) is 5.81. The number of carbonyl (C=O) groups excluding carboxylic acids is 1. The third-order valence-electron chi connectivity index (χ3n) is 5.81. The highest BCUT2D eigenvalue weighted by Crippen LogP contribution is 2.27. The summed E-state index contributed by atoms with van der Waals surface area (Å²) in [6.07, 6.45) is 3.10. The van der Waals surface area contributed by atoms with Gasteiger partial charge in [0.25, 0.3) is 5.91 Å². The summed E-state index contributed by atoms with van der Waals surface area (Å²) in [6, 6.07) is 20.3. The summed E-state index contributed by atoms with van der Waals surface area (Å²) < 4.78 is 7.61. The van der Waals surface area contributed by atoms with Crippen molar-refractivity contribution in [1.82, 2.24) is 14.8 Å². The maximum atomic E-state index is 12.8. The molecule has 4 rings (SSSR count). The van der Waals surface area contributed by atoms with Gasteiger partial charge in [-0.1, -0.05) is 24.3 Å². The van der Waals surface area contributed by atoms with E-state index in [4.69, 9.17) is 4.74 Å². The zero-order valence-corrected chi connectivity index (χ0v) is 17.7.